The fourth-order valence-electron chi connectivity index (χ4n) is 8.93. The number of allylic oxidation sites excluding steroid dienone is 4. The van der Waals surface area contributed by atoms with Crippen molar-refractivity contribution in [2.45, 2.75) is 327 Å². The van der Waals surface area contributed by atoms with Gasteiger partial charge in [-0.3, -0.25) is 4.79 Å². The molecule has 5 N–H and O–H groups in total. The Morgan fingerprint density at radius 1 is 0.381 bits per heavy atom. The van der Waals surface area contributed by atoms with Gasteiger partial charge in [0.15, 0.2) is 0 Å². The predicted molar refractivity (Wildman–Crippen MR) is 274 cm³/mol. The van der Waals surface area contributed by atoms with Gasteiger partial charge in [0, 0.05) is 0 Å². The van der Waals surface area contributed by atoms with Crippen molar-refractivity contribution < 1.29 is 25.2 Å². The van der Waals surface area contributed by atoms with Crippen LogP contribution in [0.2, 0.25) is 0 Å². The molecule has 0 saturated carbocycles. The number of carbonyl (C=O) groups excluding carboxylic acids is 1. The lowest BCUT2D eigenvalue weighted by Crippen LogP contribution is -2.53. The van der Waals surface area contributed by atoms with Crippen LogP contribution in [0.3, 0.4) is 0 Å². The lowest BCUT2D eigenvalue weighted by Gasteiger charge is -2.27. The van der Waals surface area contributed by atoms with Crippen molar-refractivity contribution in [3.8, 4) is 0 Å². The van der Waals surface area contributed by atoms with Gasteiger partial charge in [0.25, 0.3) is 0 Å². The summed E-state index contributed by atoms with van der Waals surface area (Å²) in [5.74, 6) is -0.589. The fourth-order valence-corrected chi connectivity index (χ4v) is 8.93. The summed E-state index contributed by atoms with van der Waals surface area (Å²) in [6, 6.07) is -1.00. The van der Waals surface area contributed by atoms with Crippen LogP contribution >= 0.6 is 0 Å². The summed E-state index contributed by atoms with van der Waals surface area (Å²) in [7, 11) is 0. The molecule has 0 spiro atoms. The third kappa shape index (κ3) is 45.7. The Morgan fingerprint density at radius 3 is 0.952 bits per heavy atom. The van der Waals surface area contributed by atoms with Gasteiger partial charge in [-0.2, -0.15) is 0 Å². The van der Waals surface area contributed by atoms with E-state index in [1.807, 2.05) is 0 Å². The number of hydrogen-bond acceptors (Lipinski definition) is 5. The minimum Gasteiger partial charge on any atom is -0.394 e. The Labute approximate surface area is 393 Å². The van der Waals surface area contributed by atoms with E-state index in [-0.39, 0.29) is 0 Å². The molecule has 374 valence electrons. The molecule has 6 nitrogen and oxygen atoms in total. The molecule has 0 bridgehead atoms. The van der Waals surface area contributed by atoms with E-state index < -0.39 is 36.9 Å². The van der Waals surface area contributed by atoms with Gasteiger partial charge in [-0.05, 0) is 64.2 Å². The quantitative estimate of drug-likeness (QED) is 0.0309. The molecular weight excluding hydrogens is 779 g/mol. The predicted octanol–water partition coefficient (Wildman–Crippen LogP) is 16.3. The van der Waals surface area contributed by atoms with Gasteiger partial charge >= 0.3 is 0 Å². The highest BCUT2D eigenvalue weighted by Crippen LogP contribution is 2.17. The molecular formula is C57H111NO5. The van der Waals surface area contributed by atoms with Gasteiger partial charge in [-0.15, -0.1) is 0 Å². The number of amides is 1. The number of aliphatic hydroxyl groups is 4. The summed E-state index contributed by atoms with van der Waals surface area (Å²) in [5, 5.41) is 43.9. The highest BCUT2D eigenvalue weighted by atomic mass is 16.3. The topological polar surface area (TPSA) is 110 Å². The number of rotatable bonds is 52. The second kappa shape index (κ2) is 51.8. The van der Waals surface area contributed by atoms with Crippen LogP contribution in [0.15, 0.2) is 24.3 Å². The first-order valence-corrected chi connectivity index (χ1v) is 28.2. The van der Waals surface area contributed by atoms with Crippen molar-refractivity contribution >= 4 is 5.91 Å². The zero-order valence-corrected chi connectivity index (χ0v) is 42.3. The van der Waals surface area contributed by atoms with E-state index in [0.29, 0.717) is 12.8 Å². The number of carbonyl (C=O) groups is 1. The standard InChI is InChI=1S/C57H111NO5/c1-3-5-7-9-11-13-15-17-19-21-22-23-24-25-26-27-28-29-30-31-32-33-34-35-37-39-41-43-45-47-49-51-55(61)57(63)58-53(52-59)56(62)54(60)50-48-46-44-42-40-38-36-20-18-16-14-12-10-8-6-4-2/h25-26,42,44,53-56,59-62H,3-24,27-41,43,45-52H2,1-2H3,(H,58,63)/b26-25-,44-42+. The van der Waals surface area contributed by atoms with Gasteiger partial charge in [0.1, 0.15) is 12.2 Å². The van der Waals surface area contributed by atoms with Crippen molar-refractivity contribution in [3.63, 3.8) is 0 Å². The van der Waals surface area contributed by atoms with Gasteiger partial charge in [0.2, 0.25) is 5.91 Å². The van der Waals surface area contributed by atoms with Crippen LogP contribution in [0.1, 0.15) is 303 Å². The molecule has 0 rings (SSSR count). The Balaban J connectivity index is 3.59. The van der Waals surface area contributed by atoms with Crippen LogP contribution in [-0.2, 0) is 4.79 Å². The molecule has 0 saturated heterocycles. The molecule has 0 aromatic carbocycles. The molecule has 1 amide bonds. The molecule has 0 aromatic heterocycles. The summed E-state index contributed by atoms with van der Waals surface area (Å²) in [6.07, 6.45) is 62.6. The molecule has 4 unspecified atom stereocenters. The Morgan fingerprint density at radius 2 is 0.651 bits per heavy atom. The minimum absolute atomic E-state index is 0.366. The zero-order chi connectivity index (χ0) is 45.9. The second-order valence-electron chi connectivity index (χ2n) is 19.6. The summed E-state index contributed by atoms with van der Waals surface area (Å²) >= 11 is 0. The number of aliphatic hydroxyl groups excluding tert-OH is 4. The molecule has 0 aliphatic carbocycles. The van der Waals surface area contributed by atoms with E-state index in [2.05, 4.69) is 43.5 Å². The molecule has 0 aliphatic rings. The minimum atomic E-state index is -1.28. The number of unbranched alkanes of at least 4 members (excludes halogenated alkanes) is 39. The van der Waals surface area contributed by atoms with E-state index in [1.54, 1.807) is 0 Å². The summed E-state index contributed by atoms with van der Waals surface area (Å²) in [6.45, 7) is 4.07. The maximum atomic E-state index is 12.6. The van der Waals surface area contributed by atoms with Crippen LogP contribution in [0.5, 0.6) is 0 Å². The smallest absolute Gasteiger partial charge is 0.249 e. The van der Waals surface area contributed by atoms with Gasteiger partial charge in [-0.1, -0.05) is 263 Å². The molecule has 6 heteroatoms. The summed E-state index contributed by atoms with van der Waals surface area (Å²) < 4.78 is 0. The van der Waals surface area contributed by atoms with Crippen LogP contribution in [0.25, 0.3) is 0 Å². The third-order valence-electron chi connectivity index (χ3n) is 13.4. The monoisotopic (exact) mass is 890 g/mol. The number of hydrogen-bond donors (Lipinski definition) is 5. The molecule has 0 fully saturated rings. The second-order valence-corrected chi connectivity index (χ2v) is 19.6. The summed E-state index contributed by atoms with van der Waals surface area (Å²) in [4.78, 5) is 12.6. The molecule has 63 heavy (non-hydrogen) atoms. The molecule has 0 aliphatic heterocycles. The average Bonchev–Trinajstić information content (AvgIpc) is 3.29. The maximum absolute atomic E-state index is 12.6. The van der Waals surface area contributed by atoms with E-state index >= 15 is 0 Å². The van der Waals surface area contributed by atoms with Crippen LogP contribution in [0.4, 0.5) is 0 Å². The van der Waals surface area contributed by atoms with E-state index in [0.717, 1.165) is 38.5 Å². The first kappa shape index (κ1) is 61.8. The van der Waals surface area contributed by atoms with Crippen LogP contribution in [-0.4, -0.2) is 57.3 Å². The van der Waals surface area contributed by atoms with Crippen molar-refractivity contribution in [3.05, 3.63) is 24.3 Å². The van der Waals surface area contributed by atoms with Crippen LogP contribution in [0, 0.1) is 0 Å². The molecule has 0 radical (unpaired) electrons. The lowest BCUT2D eigenvalue weighted by atomic mass is 10.00. The maximum Gasteiger partial charge on any atom is 0.249 e. The zero-order valence-electron chi connectivity index (χ0n) is 42.3. The normalized spacial score (nSPS) is 13.9. The van der Waals surface area contributed by atoms with Gasteiger partial charge in [0.05, 0.1) is 18.8 Å². The first-order chi connectivity index (χ1) is 31.0. The lowest BCUT2D eigenvalue weighted by molar-refractivity contribution is -0.132. The summed E-state index contributed by atoms with van der Waals surface area (Å²) in [5.41, 5.74) is 0. The van der Waals surface area contributed by atoms with Crippen LogP contribution < -0.4 is 5.32 Å². The van der Waals surface area contributed by atoms with E-state index in [9.17, 15) is 25.2 Å². The van der Waals surface area contributed by atoms with E-state index in [4.69, 9.17) is 0 Å². The molecule has 0 heterocycles. The van der Waals surface area contributed by atoms with Gasteiger partial charge in [-0.25, -0.2) is 0 Å². The highest BCUT2D eigenvalue weighted by Gasteiger charge is 2.28. The van der Waals surface area contributed by atoms with Crippen molar-refractivity contribution in [2.75, 3.05) is 6.61 Å². The third-order valence-corrected chi connectivity index (χ3v) is 13.4. The Hall–Kier alpha value is -1.21. The van der Waals surface area contributed by atoms with E-state index in [1.165, 1.54) is 238 Å². The Bertz CT molecular complexity index is 955. The average molecular weight is 891 g/mol. The van der Waals surface area contributed by atoms with Crippen molar-refractivity contribution in [1.82, 2.24) is 5.32 Å². The van der Waals surface area contributed by atoms with Crippen molar-refractivity contribution in [2.24, 2.45) is 0 Å². The molecule has 0 aromatic rings. The number of nitrogens with one attached hydrogen (secondary N) is 1. The highest BCUT2D eigenvalue weighted by molar-refractivity contribution is 5.80. The largest absolute Gasteiger partial charge is 0.394 e. The molecule has 4 atom stereocenters. The first-order valence-electron chi connectivity index (χ1n) is 28.2. The van der Waals surface area contributed by atoms with Gasteiger partial charge < -0.3 is 25.7 Å². The van der Waals surface area contributed by atoms with Crippen molar-refractivity contribution in [1.29, 1.82) is 0 Å². The SMILES string of the molecule is CCCCCCCCCCCCC/C=C/CCCC(O)C(O)C(CO)NC(=O)C(O)CCCCCCCCCCCCCCCCC/C=C\CCCCCCCCCCCCCC. The Kier molecular flexibility index (Phi) is 50.8. The fraction of sp³-hybridized carbons (Fsp3) is 0.912.